The van der Waals surface area contributed by atoms with E-state index in [9.17, 15) is 0 Å². The van der Waals surface area contributed by atoms with Gasteiger partial charge in [0.15, 0.2) is 0 Å². The Labute approximate surface area is 103 Å². The molecule has 0 radical (unpaired) electrons. The second kappa shape index (κ2) is 4.06. The van der Waals surface area contributed by atoms with Gasteiger partial charge in [0.05, 0.1) is 8.07 Å². The van der Waals surface area contributed by atoms with Crippen molar-refractivity contribution < 1.29 is 0 Å². The summed E-state index contributed by atoms with van der Waals surface area (Å²) >= 11 is 3.59. The first-order valence-corrected chi connectivity index (χ1v) is 9.21. The lowest BCUT2D eigenvalue weighted by Gasteiger charge is -2.37. The van der Waals surface area contributed by atoms with E-state index in [1.807, 2.05) is 0 Å². The summed E-state index contributed by atoms with van der Waals surface area (Å²) in [4.78, 5) is 0. The molecule has 0 saturated heterocycles. The molecule has 0 fully saturated rings. The third-order valence-electron chi connectivity index (χ3n) is 3.64. The van der Waals surface area contributed by atoms with Crippen LogP contribution in [0.3, 0.4) is 0 Å². The van der Waals surface area contributed by atoms with Crippen molar-refractivity contribution >= 4 is 29.2 Å². The standard InChI is InChI=1S/C13H21BrSi/c1-10-7-11(14)9-12(8-10)15(5,6)13(2,3)4/h7-9H,1-6H3. The Hall–Kier alpha value is -0.0831. The fourth-order valence-corrected chi connectivity index (χ4v) is 4.32. The van der Waals surface area contributed by atoms with Crippen LogP contribution >= 0.6 is 15.9 Å². The van der Waals surface area contributed by atoms with E-state index >= 15 is 0 Å². The molecule has 1 aromatic rings. The molecule has 0 aromatic heterocycles. The van der Waals surface area contributed by atoms with Crippen molar-refractivity contribution in [1.82, 2.24) is 0 Å². The van der Waals surface area contributed by atoms with Gasteiger partial charge in [-0.15, -0.1) is 0 Å². The average Bonchev–Trinajstić information content (AvgIpc) is 1.99. The van der Waals surface area contributed by atoms with Gasteiger partial charge in [-0.25, -0.2) is 0 Å². The quantitative estimate of drug-likeness (QED) is 0.668. The van der Waals surface area contributed by atoms with Gasteiger partial charge in [0.2, 0.25) is 0 Å². The van der Waals surface area contributed by atoms with Gasteiger partial charge in [-0.05, 0) is 24.1 Å². The smallest absolute Gasteiger partial charge is 0.0650 e. The van der Waals surface area contributed by atoms with E-state index in [1.165, 1.54) is 10.0 Å². The fraction of sp³-hybridized carbons (Fsp3) is 0.538. The minimum atomic E-state index is -1.37. The van der Waals surface area contributed by atoms with Crippen LogP contribution in [0.15, 0.2) is 22.7 Å². The molecule has 0 nitrogen and oxygen atoms in total. The van der Waals surface area contributed by atoms with Crippen LogP contribution < -0.4 is 5.19 Å². The SMILES string of the molecule is Cc1cc(Br)cc([Si](C)(C)C(C)(C)C)c1. The predicted octanol–water partition coefficient (Wildman–Crippen LogP) is 4.47. The third-order valence-corrected chi connectivity index (χ3v) is 9.58. The van der Waals surface area contributed by atoms with Crippen molar-refractivity contribution in [3.8, 4) is 0 Å². The maximum atomic E-state index is 3.59. The van der Waals surface area contributed by atoms with Crippen LogP contribution in [0.5, 0.6) is 0 Å². The van der Waals surface area contributed by atoms with E-state index in [1.54, 1.807) is 5.19 Å². The summed E-state index contributed by atoms with van der Waals surface area (Å²) in [6.07, 6.45) is 0. The number of aryl methyl sites for hydroxylation is 1. The van der Waals surface area contributed by atoms with Gasteiger partial charge in [0.25, 0.3) is 0 Å². The van der Waals surface area contributed by atoms with Gasteiger partial charge in [0.1, 0.15) is 0 Å². The van der Waals surface area contributed by atoms with E-state index < -0.39 is 8.07 Å². The molecule has 15 heavy (non-hydrogen) atoms. The largest absolute Gasteiger partial charge is 0.0859 e. The lowest BCUT2D eigenvalue weighted by Crippen LogP contribution is -2.49. The Morgan fingerprint density at radius 3 is 2.00 bits per heavy atom. The zero-order valence-corrected chi connectivity index (χ0v) is 13.2. The molecule has 84 valence electrons. The first kappa shape index (κ1) is 13.0. The first-order chi connectivity index (χ1) is 6.64. The summed E-state index contributed by atoms with van der Waals surface area (Å²) in [6, 6.07) is 6.82. The number of hydrogen-bond acceptors (Lipinski definition) is 0. The molecule has 0 atom stereocenters. The summed E-state index contributed by atoms with van der Waals surface area (Å²) in [5.41, 5.74) is 1.35. The number of hydrogen-bond donors (Lipinski definition) is 0. The fourth-order valence-electron chi connectivity index (χ4n) is 1.53. The van der Waals surface area contributed by atoms with Crippen LogP contribution in [0.2, 0.25) is 18.1 Å². The Bertz CT molecular complexity index is 341. The molecule has 2 heteroatoms. The molecule has 1 rings (SSSR count). The molecule has 0 N–H and O–H groups in total. The van der Waals surface area contributed by atoms with E-state index in [0.717, 1.165) is 0 Å². The summed E-state index contributed by atoms with van der Waals surface area (Å²) < 4.78 is 1.21. The maximum absolute atomic E-state index is 3.59. The van der Waals surface area contributed by atoms with Crippen LogP contribution in [-0.4, -0.2) is 8.07 Å². The second-order valence-electron chi connectivity index (χ2n) is 5.89. The zero-order valence-electron chi connectivity index (χ0n) is 10.6. The van der Waals surface area contributed by atoms with E-state index in [0.29, 0.717) is 5.04 Å². The van der Waals surface area contributed by atoms with Crippen molar-refractivity contribution in [3.63, 3.8) is 0 Å². The van der Waals surface area contributed by atoms with Crippen LogP contribution in [-0.2, 0) is 0 Å². The van der Waals surface area contributed by atoms with Crippen LogP contribution in [0.1, 0.15) is 26.3 Å². The highest BCUT2D eigenvalue weighted by molar-refractivity contribution is 9.10. The molecule has 0 bridgehead atoms. The monoisotopic (exact) mass is 284 g/mol. The van der Waals surface area contributed by atoms with E-state index in [-0.39, 0.29) is 0 Å². The number of rotatable bonds is 1. The van der Waals surface area contributed by atoms with Gasteiger partial charge in [-0.3, -0.25) is 0 Å². The Morgan fingerprint density at radius 1 is 1.07 bits per heavy atom. The van der Waals surface area contributed by atoms with Crippen molar-refractivity contribution in [3.05, 3.63) is 28.2 Å². The van der Waals surface area contributed by atoms with Crippen LogP contribution in [0.4, 0.5) is 0 Å². The van der Waals surface area contributed by atoms with Crippen molar-refractivity contribution in [2.45, 2.75) is 45.8 Å². The predicted molar refractivity (Wildman–Crippen MR) is 75.7 cm³/mol. The minimum absolute atomic E-state index is 0.403. The maximum Gasteiger partial charge on any atom is 0.0859 e. The topological polar surface area (TPSA) is 0 Å². The molecule has 0 aliphatic heterocycles. The lowest BCUT2D eigenvalue weighted by molar-refractivity contribution is 0.729. The molecule has 0 unspecified atom stereocenters. The Morgan fingerprint density at radius 2 is 1.60 bits per heavy atom. The highest BCUT2D eigenvalue weighted by Gasteiger charge is 2.36. The molecule has 0 aliphatic rings. The van der Waals surface area contributed by atoms with Crippen molar-refractivity contribution in [2.75, 3.05) is 0 Å². The first-order valence-electron chi connectivity index (χ1n) is 5.42. The number of benzene rings is 1. The van der Waals surface area contributed by atoms with E-state index in [4.69, 9.17) is 0 Å². The molecule has 0 amide bonds. The zero-order chi connectivity index (χ0) is 11.9. The van der Waals surface area contributed by atoms with E-state index in [2.05, 4.69) is 74.9 Å². The molecular formula is C13H21BrSi. The normalized spacial score (nSPS) is 13.0. The van der Waals surface area contributed by atoms with Crippen LogP contribution in [0, 0.1) is 6.92 Å². The lowest BCUT2D eigenvalue weighted by atomic mass is 10.2. The third kappa shape index (κ3) is 2.73. The van der Waals surface area contributed by atoms with Gasteiger partial charge < -0.3 is 0 Å². The summed E-state index contributed by atoms with van der Waals surface area (Å²) in [6.45, 7) is 14.1. The Balaban J connectivity index is 3.27. The molecule has 0 spiro atoms. The minimum Gasteiger partial charge on any atom is -0.0650 e. The van der Waals surface area contributed by atoms with Crippen molar-refractivity contribution in [1.29, 1.82) is 0 Å². The molecule has 0 heterocycles. The second-order valence-corrected chi connectivity index (χ2v) is 12.1. The molecule has 1 aromatic carbocycles. The van der Waals surface area contributed by atoms with Crippen molar-refractivity contribution in [2.24, 2.45) is 0 Å². The summed E-state index contributed by atoms with van der Waals surface area (Å²) in [5, 5.41) is 1.95. The molecule has 0 aliphatic carbocycles. The molecular weight excluding hydrogens is 264 g/mol. The number of halogens is 1. The average molecular weight is 285 g/mol. The van der Waals surface area contributed by atoms with Gasteiger partial charge in [-0.1, -0.05) is 66.6 Å². The summed E-state index contributed by atoms with van der Waals surface area (Å²) in [7, 11) is -1.37. The summed E-state index contributed by atoms with van der Waals surface area (Å²) in [5.74, 6) is 0. The highest BCUT2D eigenvalue weighted by atomic mass is 79.9. The van der Waals surface area contributed by atoms with Crippen LogP contribution in [0.25, 0.3) is 0 Å². The molecule has 0 saturated carbocycles. The Kier molecular flexibility index (Phi) is 3.51. The van der Waals surface area contributed by atoms with Gasteiger partial charge >= 0.3 is 0 Å². The van der Waals surface area contributed by atoms with Gasteiger partial charge in [0, 0.05) is 4.47 Å². The highest BCUT2D eigenvalue weighted by Crippen LogP contribution is 2.35. The van der Waals surface area contributed by atoms with Gasteiger partial charge in [-0.2, -0.15) is 0 Å².